The predicted molar refractivity (Wildman–Crippen MR) is 48.5 cm³/mol. The Morgan fingerprint density at radius 3 is 1.85 bits per heavy atom. The van der Waals surface area contributed by atoms with Crippen LogP contribution in [0.1, 0.15) is 47.0 Å². The molecule has 0 rings (SSSR count). The second kappa shape index (κ2) is 4.34. The van der Waals surface area contributed by atoms with E-state index in [0.717, 1.165) is 0 Å². The fourth-order valence-corrected chi connectivity index (χ4v) is 1.81. The molecule has 0 amide bonds. The first-order chi connectivity index (χ1) is 5.73. The van der Waals surface area contributed by atoms with Crippen molar-refractivity contribution in [2.75, 3.05) is 0 Å². The van der Waals surface area contributed by atoms with Crippen molar-refractivity contribution in [2.45, 2.75) is 53.1 Å². The first kappa shape index (κ1) is 12.8. The van der Waals surface area contributed by atoms with Crippen molar-refractivity contribution in [3.05, 3.63) is 0 Å². The van der Waals surface area contributed by atoms with Crippen molar-refractivity contribution in [3.8, 4) is 0 Å². The maximum atomic E-state index is 12.7. The van der Waals surface area contributed by atoms with E-state index in [9.17, 15) is 13.2 Å². The molecule has 0 spiro atoms. The molecule has 0 saturated carbocycles. The quantitative estimate of drug-likeness (QED) is 0.625. The molecule has 3 heteroatoms. The molecular formula is C10H19F3. The Bertz CT molecular complexity index is 149. The van der Waals surface area contributed by atoms with Crippen LogP contribution < -0.4 is 0 Å². The SMILES string of the molecule is CCC[C@@](C)(CC(C)C)C(F)(F)F. The number of hydrogen-bond donors (Lipinski definition) is 0. The van der Waals surface area contributed by atoms with Crippen LogP contribution in [0, 0.1) is 11.3 Å². The van der Waals surface area contributed by atoms with Crippen molar-refractivity contribution in [1.82, 2.24) is 0 Å². The Balaban J connectivity index is 4.53. The summed E-state index contributed by atoms with van der Waals surface area (Å²) >= 11 is 0. The topological polar surface area (TPSA) is 0 Å². The molecular weight excluding hydrogens is 177 g/mol. The molecule has 0 aliphatic rings. The van der Waals surface area contributed by atoms with Crippen LogP contribution in [0.15, 0.2) is 0 Å². The minimum Gasteiger partial charge on any atom is -0.171 e. The van der Waals surface area contributed by atoms with Crippen LogP contribution >= 0.6 is 0 Å². The lowest BCUT2D eigenvalue weighted by Crippen LogP contribution is -2.36. The highest BCUT2D eigenvalue weighted by Gasteiger charge is 2.49. The Kier molecular flexibility index (Phi) is 4.27. The molecule has 0 unspecified atom stereocenters. The minimum atomic E-state index is -4.06. The van der Waals surface area contributed by atoms with Crippen LogP contribution in [0.3, 0.4) is 0 Å². The van der Waals surface area contributed by atoms with Crippen LogP contribution in [0.25, 0.3) is 0 Å². The van der Waals surface area contributed by atoms with Crippen LogP contribution in [0.4, 0.5) is 13.2 Å². The zero-order valence-corrected chi connectivity index (χ0v) is 8.83. The lowest BCUT2D eigenvalue weighted by molar-refractivity contribution is -0.225. The summed E-state index contributed by atoms with van der Waals surface area (Å²) in [5.74, 6) is 0.0955. The van der Waals surface area contributed by atoms with Crippen LogP contribution in [0.2, 0.25) is 0 Å². The molecule has 80 valence electrons. The van der Waals surface area contributed by atoms with Gasteiger partial charge in [-0.05, 0) is 18.8 Å². The maximum absolute atomic E-state index is 12.7. The molecule has 0 aromatic heterocycles. The van der Waals surface area contributed by atoms with E-state index >= 15 is 0 Å². The molecule has 0 aromatic carbocycles. The summed E-state index contributed by atoms with van der Waals surface area (Å²) in [7, 11) is 0. The van der Waals surface area contributed by atoms with Gasteiger partial charge in [-0.2, -0.15) is 13.2 Å². The van der Waals surface area contributed by atoms with Gasteiger partial charge in [0.05, 0.1) is 5.41 Å². The Morgan fingerprint density at radius 1 is 1.15 bits per heavy atom. The summed E-state index contributed by atoms with van der Waals surface area (Å²) in [6.45, 7) is 6.79. The van der Waals surface area contributed by atoms with Gasteiger partial charge < -0.3 is 0 Å². The molecule has 0 aliphatic heterocycles. The van der Waals surface area contributed by atoms with Crippen molar-refractivity contribution in [1.29, 1.82) is 0 Å². The second-order valence-corrected chi connectivity index (χ2v) is 4.41. The minimum absolute atomic E-state index is 0.0955. The third-order valence-corrected chi connectivity index (χ3v) is 2.34. The summed E-state index contributed by atoms with van der Waals surface area (Å²) in [4.78, 5) is 0. The number of hydrogen-bond acceptors (Lipinski definition) is 0. The lowest BCUT2D eigenvalue weighted by Gasteiger charge is -2.33. The van der Waals surface area contributed by atoms with E-state index in [1.165, 1.54) is 6.92 Å². The summed E-state index contributed by atoms with van der Waals surface area (Å²) < 4.78 is 38.0. The van der Waals surface area contributed by atoms with Gasteiger partial charge in [-0.3, -0.25) is 0 Å². The third-order valence-electron chi connectivity index (χ3n) is 2.34. The fraction of sp³-hybridized carbons (Fsp3) is 1.00. The van der Waals surface area contributed by atoms with Crippen molar-refractivity contribution in [3.63, 3.8) is 0 Å². The predicted octanol–water partition coefficient (Wildman–Crippen LogP) is 4.40. The van der Waals surface area contributed by atoms with Gasteiger partial charge >= 0.3 is 6.18 Å². The molecule has 1 atom stereocenters. The standard InChI is InChI=1S/C10H19F3/c1-5-6-9(4,7-8(2)3)10(11,12)13/h8H,5-7H2,1-4H3/t9-/m0/s1. The normalized spacial score (nSPS) is 17.5. The number of rotatable bonds is 4. The van der Waals surface area contributed by atoms with Gasteiger partial charge in [0.1, 0.15) is 0 Å². The first-order valence-electron chi connectivity index (χ1n) is 4.79. The van der Waals surface area contributed by atoms with Crippen LogP contribution in [-0.2, 0) is 0 Å². The summed E-state index contributed by atoms with van der Waals surface area (Å²) in [5, 5.41) is 0. The zero-order valence-electron chi connectivity index (χ0n) is 8.83. The molecule has 0 aliphatic carbocycles. The molecule has 0 heterocycles. The monoisotopic (exact) mass is 196 g/mol. The highest BCUT2D eigenvalue weighted by molar-refractivity contribution is 4.82. The van der Waals surface area contributed by atoms with Crippen molar-refractivity contribution < 1.29 is 13.2 Å². The smallest absolute Gasteiger partial charge is 0.171 e. The van der Waals surface area contributed by atoms with Gasteiger partial charge in [0, 0.05) is 0 Å². The highest BCUT2D eigenvalue weighted by Crippen LogP contribution is 2.46. The fourth-order valence-electron chi connectivity index (χ4n) is 1.81. The molecule has 0 bridgehead atoms. The average Bonchev–Trinajstić information content (AvgIpc) is 1.82. The second-order valence-electron chi connectivity index (χ2n) is 4.41. The van der Waals surface area contributed by atoms with Crippen molar-refractivity contribution >= 4 is 0 Å². The van der Waals surface area contributed by atoms with Gasteiger partial charge in [-0.15, -0.1) is 0 Å². The number of alkyl halides is 3. The Hall–Kier alpha value is -0.210. The average molecular weight is 196 g/mol. The van der Waals surface area contributed by atoms with E-state index in [1.54, 1.807) is 6.92 Å². The van der Waals surface area contributed by atoms with Gasteiger partial charge in [-0.25, -0.2) is 0 Å². The van der Waals surface area contributed by atoms with Crippen molar-refractivity contribution in [2.24, 2.45) is 11.3 Å². The Labute approximate surface area is 78.5 Å². The van der Waals surface area contributed by atoms with E-state index in [1.807, 2.05) is 13.8 Å². The first-order valence-corrected chi connectivity index (χ1v) is 4.79. The van der Waals surface area contributed by atoms with E-state index < -0.39 is 11.6 Å². The molecule has 0 fully saturated rings. The molecule has 0 saturated heterocycles. The maximum Gasteiger partial charge on any atom is 0.394 e. The molecule has 13 heavy (non-hydrogen) atoms. The Morgan fingerprint density at radius 2 is 1.62 bits per heavy atom. The summed E-state index contributed by atoms with van der Waals surface area (Å²) in [6, 6.07) is 0. The molecule has 0 nitrogen and oxygen atoms in total. The summed E-state index contributed by atoms with van der Waals surface area (Å²) in [6.07, 6.45) is -3.02. The van der Waals surface area contributed by atoms with E-state index in [0.29, 0.717) is 6.42 Å². The van der Waals surface area contributed by atoms with Gasteiger partial charge in [0.25, 0.3) is 0 Å². The zero-order chi connectivity index (χ0) is 10.7. The van der Waals surface area contributed by atoms with Gasteiger partial charge in [0.2, 0.25) is 0 Å². The summed E-state index contributed by atoms with van der Waals surface area (Å²) in [5.41, 5.74) is -1.49. The molecule has 0 N–H and O–H groups in total. The van der Waals surface area contributed by atoms with Crippen LogP contribution in [-0.4, -0.2) is 6.18 Å². The van der Waals surface area contributed by atoms with E-state index in [2.05, 4.69) is 0 Å². The van der Waals surface area contributed by atoms with Gasteiger partial charge in [0.15, 0.2) is 0 Å². The lowest BCUT2D eigenvalue weighted by atomic mass is 9.78. The van der Waals surface area contributed by atoms with E-state index in [-0.39, 0.29) is 18.8 Å². The molecule has 0 aromatic rings. The van der Waals surface area contributed by atoms with Gasteiger partial charge in [-0.1, -0.05) is 34.1 Å². The number of halogens is 3. The third kappa shape index (κ3) is 3.57. The largest absolute Gasteiger partial charge is 0.394 e. The van der Waals surface area contributed by atoms with E-state index in [4.69, 9.17) is 0 Å². The molecule has 0 radical (unpaired) electrons. The highest BCUT2D eigenvalue weighted by atomic mass is 19.4. The van der Waals surface area contributed by atoms with Crippen LogP contribution in [0.5, 0.6) is 0 Å².